The summed E-state index contributed by atoms with van der Waals surface area (Å²) in [6.45, 7) is 7.62. The van der Waals surface area contributed by atoms with Gasteiger partial charge in [-0.05, 0) is 55.6 Å². The highest BCUT2D eigenvalue weighted by Gasteiger charge is 2.32. The molecule has 2 N–H and O–H groups in total. The van der Waals surface area contributed by atoms with Crippen LogP contribution in [0, 0.1) is 12.8 Å². The van der Waals surface area contributed by atoms with E-state index in [2.05, 4.69) is 35.5 Å². The molecule has 2 heterocycles. The summed E-state index contributed by atoms with van der Waals surface area (Å²) in [6, 6.07) is 21.0. The fourth-order valence-electron chi connectivity index (χ4n) is 4.70. The van der Waals surface area contributed by atoms with Gasteiger partial charge in [0, 0.05) is 41.1 Å². The Morgan fingerprint density at radius 2 is 1.79 bits per heavy atom. The Bertz CT molecular complexity index is 1370. The Morgan fingerprint density at radius 1 is 1.03 bits per heavy atom. The number of aryl methyl sites for hydroxylation is 1. The summed E-state index contributed by atoms with van der Waals surface area (Å²) >= 11 is 12.5. The van der Waals surface area contributed by atoms with Gasteiger partial charge in [-0.15, -0.1) is 0 Å². The van der Waals surface area contributed by atoms with Crippen LogP contribution in [0.5, 0.6) is 0 Å². The van der Waals surface area contributed by atoms with Crippen LogP contribution in [-0.4, -0.2) is 38.4 Å². The van der Waals surface area contributed by atoms with Gasteiger partial charge in [-0.1, -0.05) is 79.5 Å². The van der Waals surface area contributed by atoms with Crippen LogP contribution >= 0.6 is 23.2 Å². The first-order chi connectivity index (χ1) is 18.3. The third kappa shape index (κ3) is 6.62. The maximum atomic E-state index is 14.0. The van der Waals surface area contributed by atoms with E-state index < -0.39 is 0 Å². The zero-order chi connectivity index (χ0) is 27.2. The van der Waals surface area contributed by atoms with Gasteiger partial charge in [0.25, 0.3) is 5.91 Å². The van der Waals surface area contributed by atoms with E-state index in [1.165, 1.54) is 0 Å². The molecule has 8 heteroatoms. The minimum atomic E-state index is -0.307. The number of hydrogen-bond acceptors (Lipinski definition) is 4. The molecule has 38 heavy (non-hydrogen) atoms. The number of pyridine rings is 1. The van der Waals surface area contributed by atoms with E-state index in [1.54, 1.807) is 12.1 Å². The molecule has 6 nitrogen and oxygen atoms in total. The second-order valence-corrected chi connectivity index (χ2v) is 10.6. The lowest BCUT2D eigenvalue weighted by atomic mass is 9.99. The monoisotopic (exact) mass is 549 g/mol. The molecule has 0 aliphatic heterocycles. The Labute approximate surface area is 234 Å². The van der Waals surface area contributed by atoms with Crippen molar-refractivity contribution in [3.63, 3.8) is 0 Å². The number of carbonyl (C=O) groups excluding carboxylic acids is 1. The normalized spacial score (nSPS) is 12.1. The molecule has 0 spiro atoms. The van der Waals surface area contributed by atoms with E-state index >= 15 is 0 Å². The maximum Gasteiger partial charge on any atom is 0.254 e. The third-order valence-electron chi connectivity index (χ3n) is 6.39. The molecule has 2 aromatic heterocycles. The highest BCUT2D eigenvalue weighted by molar-refractivity contribution is 6.30. The number of nitrogens with zero attached hydrogens (tertiary/aromatic N) is 4. The molecule has 2 aromatic carbocycles. The lowest BCUT2D eigenvalue weighted by Gasteiger charge is -2.34. The van der Waals surface area contributed by atoms with Crippen LogP contribution in [-0.2, 0) is 6.54 Å². The summed E-state index contributed by atoms with van der Waals surface area (Å²) < 4.78 is 2.14. The predicted molar refractivity (Wildman–Crippen MR) is 154 cm³/mol. The molecule has 0 saturated carbocycles. The minimum absolute atomic E-state index is 0.0688. The minimum Gasteiger partial charge on any atom is -0.330 e. The van der Waals surface area contributed by atoms with Gasteiger partial charge in [-0.3, -0.25) is 4.79 Å². The van der Waals surface area contributed by atoms with Gasteiger partial charge in [0.1, 0.15) is 11.0 Å². The van der Waals surface area contributed by atoms with Gasteiger partial charge in [0.15, 0.2) is 0 Å². The van der Waals surface area contributed by atoms with Crippen LogP contribution < -0.4 is 5.73 Å². The van der Waals surface area contributed by atoms with Gasteiger partial charge < -0.3 is 15.2 Å². The largest absolute Gasteiger partial charge is 0.330 e. The van der Waals surface area contributed by atoms with Crippen molar-refractivity contribution < 1.29 is 4.79 Å². The third-order valence-corrected chi connectivity index (χ3v) is 6.82. The van der Waals surface area contributed by atoms with Crippen molar-refractivity contribution >= 4 is 29.1 Å². The lowest BCUT2D eigenvalue weighted by molar-refractivity contribution is 0.0604. The zero-order valence-electron chi connectivity index (χ0n) is 21.9. The van der Waals surface area contributed by atoms with E-state index in [0.29, 0.717) is 47.5 Å². The molecule has 0 radical (unpaired) electrons. The SMILES string of the molecule is Cc1cc(C(=O)N(CCCN)[C@@H](c2nc(-c3cccc(Cl)c3)cn2Cc2ccccc2)C(C)C)cc(Cl)n1. The summed E-state index contributed by atoms with van der Waals surface area (Å²) in [4.78, 5) is 25.2. The fraction of sp³-hybridized carbons (Fsp3) is 0.300. The molecular weight excluding hydrogens is 517 g/mol. The molecule has 0 saturated heterocycles. The number of rotatable bonds is 10. The quantitative estimate of drug-likeness (QED) is 0.221. The molecule has 4 aromatic rings. The summed E-state index contributed by atoms with van der Waals surface area (Å²) in [5.41, 5.74) is 9.96. The number of benzene rings is 2. The van der Waals surface area contributed by atoms with Crippen molar-refractivity contribution in [2.45, 2.75) is 39.8 Å². The summed E-state index contributed by atoms with van der Waals surface area (Å²) in [6.07, 6.45) is 2.70. The first-order valence-corrected chi connectivity index (χ1v) is 13.5. The van der Waals surface area contributed by atoms with Crippen molar-refractivity contribution in [3.05, 3.63) is 106 Å². The standard InChI is InChI=1S/C30H33Cl2N5O/c1-20(2)28(37(14-8-13-33)30(38)24-15-21(3)34-27(32)17-24)29-35-26(23-11-7-12-25(31)16-23)19-36(29)18-22-9-5-4-6-10-22/h4-7,9-12,15-17,19-20,28H,8,13-14,18,33H2,1-3H3/t28-/m1/s1. The molecule has 1 amide bonds. The van der Waals surface area contributed by atoms with Crippen LogP contribution in [0.25, 0.3) is 11.3 Å². The van der Waals surface area contributed by atoms with Crippen molar-refractivity contribution in [2.75, 3.05) is 13.1 Å². The number of halogens is 2. The number of hydrogen-bond donors (Lipinski definition) is 1. The van der Waals surface area contributed by atoms with Crippen molar-refractivity contribution in [1.82, 2.24) is 19.4 Å². The summed E-state index contributed by atoms with van der Waals surface area (Å²) in [5, 5.41) is 0.939. The molecule has 0 fully saturated rings. The van der Waals surface area contributed by atoms with Crippen molar-refractivity contribution in [1.29, 1.82) is 0 Å². The van der Waals surface area contributed by atoms with Crippen LogP contribution in [0.1, 0.15) is 53.7 Å². The van der Waals surface area contributed by atoms with Crippen LogP contribution in [0.15, 0.2) is 72.9 Å². The summed E-state index contributed by atoms with van der Waals surface area (Å²) in [5.74, 6) is 0.753. The highest BCUT2D eigenvalue weighted by atomic mass is 35.5. The predicted octanol–water partition coefficient (Wildman–Crippen LogP) is 6.80. The molecule has 0 bridgehead atoms. The molecule has 4 rings (SSSR count). The maximum absolute atomic E-state index is 14.0. The number of carbonyl (C=O) groups is 1. The lowest BCUT2D eigenvalue weighted by Crippen LogP contribution is -2.40. The average molecular weight is 551 g/mol. The number of imidazole rings is 1. The van der Waals surface area contributed by atoms with E-state index in [-0.39, 0.29) is 17.9 Å². The molecule has 0 aliphatic carbocycles. The van der Waals surface area contributed by atoms with E-state index in [0.717, 1.165) is 22.6 Å². The summed E-state index contributed by atoms with van der Waals surface area (Å²) in [7, 11) is 0. The second kappa shape index (κ2) is 12.6. The second-order valence-electron chi connectivity index (χ2n) is 9.76. The van der Waals surface area contributed by atoms with Crippen molar-refractivity contribution in [2.24, 2.45) is 11.7 Å². The molecular formula is C30H33Cl2N5O. The smallest absolute Gasteiger partial charge is 0.254 e. The number of nitrogens with two attached hydrogens (primary N) is 1. The Morgan fingerprint density at radius 3 is 2.45 bits per heavy atom. The van der Waals surface area contributed by atoms with Gasteiger partial charge in [-0.25, -0.2) is 9.97 Å². The van der Waals surface area contributed by atoms with Gasteiger partial charge in [0.2, 0.25) is 0 Å². The fourth-order valence-corrected chi connectivity index (χ4v) is 5.14. The van der Waals surface area contributed by atoms with E-state index in [4.69, 9.17) is 33.9 Å². The Balaban J connectivity index is 1.84. The van der Waals surface area contributed by atoms with Gasteiger partial charge >= 0.3 is 0 Å². The Kier molecular flexibility index (Phi) is 9.21. The van der Waals surface area contributed by atoms with E-state index in [9.17, 15) is 4.79 Å². The molecule has 0 unspecified atom stereocenters. The van der Waals surface area contributed by atoms with E-state index in [1.807, 2.05) is 60.5 Å². The first kappa shape index (κ1) is 27.8. The highest BCUT2D eigenvalue weighted by Crippen LogP contribution is 2.33. The molecule has 198 valence electrons. The number of amides is 1. The van der Waals surface area contributed by atoms with Gasteiger partial charge in [-0.2, -0.15) is 0 Å². The zero-order valence-corrected chi connectivity index (χ0v) is 23.5. The van der Waals surface area contributed by atoms with Gasteiger partial charge in [0.05, 0.1) is 11.7 Å². The molecule has 0 aliphatic rings. The Hall–Kier alpha value is -3.19. The van der Waals surface area contributed by atoms with Crippen LogP contribution in [0.4, 0.5) is 0 Å². The van der Waals surface area contributed by atoms with Crippen molar-refractivity contribution in [3.8, 4) is 11.3 Å². The number of aromatic nitrogens is 3. The topological polar surface area (TPSA) is 77.0 Å². The van der Waals surface area contributed by atoms with Crippen LogP contribution in [0.2, 0.25) is 10.2 Å². The first-order valence-electron chi connectivity index (χ1n) is 12.8. The average Bonchev–Trinajstić information content (AvgIpc) is 3.29. The van der Waals surface area contributed by atoms with Crippen LogP contribution in [0.3, 0.4) is 0 Å². The molecule has 1 atom stereocenters.